The molecule has 1 heterocycles. The first-order valence-electron chi connectivity index (χ1n) is 8.51. The molecule has 0 spiro atoms. The lowest BCUT2D eigenvalue weighted by Crippen LogP contribution is -2.28. The minimum Gasteiger partial charge on any atom is -0.491 e. The third kappa shape index (κ3) is 6.59. The highest BCUT2D eigenvalue weighted by Crippen LogP contribution is 2.25. The number of ether oxygens (including phenoxy) is 2. The molecule has 0 unspecified atom stereocenters. The van der Waals surface area contributed by atoms with Gasteiger partial charge in [-0.1, -0.05) is 12.1 Å². The molecule has 0 saturated carbocycles. The summed E-state index contributed by atoms with van der Waals surface area (Å²) in [5.74, 6) is 1.46. The van der Waals surface area contributed by atoms with Gasteiger partial charge in [-0.3, -0.25) is 4.79 Å². The Hall–Kier alpha value is -1.59. The minimum absolute atomic E-state index is 0.0662. The summed E-state index contributed by atoms with van der Waals surface area (Å²) < 4.78 is 10.7. The average Bonchev–Trinajstić information content (AvgIpc) is 2.59. The predicted octanol–water partition coefficient (Wildman–Crippen LogP) is 2.82. The van der Waals surface area contributed by atoms with E-state index < -0.39 is 0 Å². The second-order valence-corrected chi connectivity index (χ2v) is 5.97. The molecule has 0 atom stereocenters. The molecule has 1 aliphatic rings. The van der Waals surface area contributed by atoms with Crippen molar-refractivity contribution in [3.8, 4) is 5.75 Å². The molecule has 5 nitrogen and oxygen atoms in total. The Morgan fingerprint density at radius 3 is 2.83 bits per heavy atom. The molecule has 1 aromatic carbocycles. The standard InChI is InChI=1S/C18H28N2O3/c1-22-13-4-14-23-17-6-3-2-5-16(17)20-18(21)8-7-15-9-11-19-12-10-15/h2-3,5-6,15,19H,4,7-14H2,1H3,(H,20,21). The van der Waals surface area contributed by atoms with E-state index >= 15 is 0 Å². The molecule has 2 rings (SSSR count). The lowest BCUT2D eigenvalue weighted by atomic mass is 9.93. The Bertz CT molecular complexity index is 473. The van der Waals surface area contributed by atoms with Crippen molar-refractivity contribution in [2.24, 2.45) is 5.92 Å². The molecule has 128 valence electrons. The van der Waals surface area contributed by atoms with Crippen molar-refractivity contribution < 1.29 is 14.3 Å². The zero-order chi connectivity index (χ0) is 16.3. The van der Waals surface area contributed by atoms with Crippen LogP contribution in [0, 0.1) is 5.92 Å². The second kappa shape index (κ2) is 10.2. The maximum atomic E-state index is 12.2. The van der Waals surface area contributed by atoms with E-state index in [0.29, 0.717) is 25.6 Å². The van der Waals surface area contributed by atoms with Crippen LogP contribution in [0.4, 0.5) is 5.69 Å². The van der Waals surface area contributed by atoms with Crippen LogP contribution in [-0.2, 0) is 9.53 Å². The highest BCUT2D eigenvalue weighted by molar-refractivity contribution is 5.92. The van der Waals surface area contributed by atoms with Crippen LogP contribution in [0.25, 0.3) is 0 Å². The topological polar surface area (TPSA) is 59.6 Å². The summed E-state index contributed by atoms with van der Waals surface area (Å²) in [6.45, 7) is 3.40. The first-order valence-corrected chi connectivity index (χ1v) is 8.51. The Labute approximate surface area is 138 Å². The molecule has 5 heteroatoms. The molecule has 1 saturated heterocycles. The van der Waals surface area contributed by atoms with E-state index in [9.17, 15) is 4.79 Å². The van der Waals surface area contributed by atoms with Crippen LogP contribution in [0.2, 0.25) is 0 Å². The first-order chi connectivity index (χ1) is 11.3. The molecule has 1 aliphatic heterocycles. The normalized spacial score (nSPS) is 15.3. The lowest BCUT2D eigenvalue weighted by Gasteiger charge is -2.22. The van der Waals surface area contributed by atoms with Gasteiger partial charge in [-0.2, -0.15) is 0 Å². The van der Waals surface area contributed by atoms with Gasteiger partial charge in [0.15, 0.2) is 0 Å². The number of benzene rings is 1. The molecule has 0 aliphatic carbocycles. The van der Waals surface area contributed by atoms with E-state index in [1.165, 1.54) is 12.8 Å². The maximum absolute atomic E-state index is 12.2. The van der Waals surface area contributed by atoms with Gasteiger partial charge in [0.25, 0.3) is 0 Å². The number of methoxy groups -OCH3 is 1. The van der Waals surface area contributed by atoms with Crippen molar-refractivity contribution in [3.05, 3.63) is 24.3 Å². The van der Waals surface area contributed by atoms with Gasteiger partial charge in [-0.05, 0) is 50.4 Å². The number of hydrogen-bond acceptors (Lipinski definition) is 4. The number of anilines is 1. The largest absolute Gasteiger partial charge is 0.491 e. The smallest absolute Gasteiger partial charge is 0.224 e. The summed E-state index contributed by atoms with van der Waals surface area (Å²) in [4.78, 5) is 12.2. The Morgan fingerprint density at radius 2 is 2.04 bits per heavy atom. The van der Waals surface area contributed by atoms with Gasteiger partial charge in [-0.25, -0.2) is 0 Å². The zero-order valence-corrected chi connectivity index (χ0v) is 14.0. The number of hydrogen-bond donors (Lipinski definition) is 2. The molecule has 0 radical (unpaired) electrons. The van der Waals surface area contributed by atoms with E-state index in [1.54, 1.807) is 7.11 Å². The van der Waals surface area contributed by atoms with E-state index in [1.807, 2.05) is 24.3 Å². The number of piperidine rings is 1. The van der Waals surface area contributed by atoms with Gasteiger partial charge in [0, 0.05) is 26.6 Å². The van der Waals surface area contributed by atoms with Crippen LogP contribution >= 0.6 is 0 Å². The van der Waals surface area contributed by atoms with Crippen molar-refractivity contribution >= 4 is 11.6 Å². The van der Waals surface area contributed by atoms with Crippen molar-refractivity contribution in [2.75, 3.05) is 38.7 Å². The summed E-state index contributed by atoms with van der Waals surface area (Å²) in [7, 11) is 1.68. The fourth-order valence-electron chi connectivity index (χ4n) is 2.80. The Kier molecular flexibility index (Phi) is 7.90. The van der Waals surface area contributed by atoms with E-state index in [4.69, 9.17) is 9.47 Å². The minimum atomic E-state index is 0.0662. The summed E-state index contributed by atoms with van der Waals surface area (Å²) in [6.07, 6.45) is 4.71. The molecule has 0 bridgehead atoms. The summed E-state index contributed by atoms with van der Waals surface area (Å²) in [6, 6.07) is 7.59. The molecule has 1 aromatic rings. The van der Waals surface area contributed by atoms with Gasteiger partial charge in [-0.15, -0.1) is 0 Å². The Morgan fingerprint density at radius 1 is 1.26 bits per heavy atom. The van der Waals surface area contributed by atoms with Crippen molar-refractivity contribution in [1.29, 1.82) is 0 Å². The van der Waals surface area contributed by atoms with Crippen molar-refractivity contribution in [2.45, 2.75) is 32.1 Å². The number of nitrogens with one attached hydrogen (secondary N) is 2. The molecule has 1 amide bonds. The lowest BCUT2D eigenvalue weighted by molar-refractivity contribution is -0.116. The number of para-hydroxylation sites is 2. The summed E-state index contributed by atoms with van der Waals surface area (Å²) >= 11 is 0. The van der Waals surface area contributed by atoms with Gasteiger partial charge >= 0.3 is 0 Å². The monoisotopic (exact) mass is 320 g/mol. The fraction of sp³-hybridized carbons (Fsp3) is 0.611. The summed E-state index contributed by atoms with van der Waals surface area (Å²) in [5, 5.41) is 6.33. The van der Waals surface area contributed by atoms with Crippen LogP contribution in [-0.4, -0.2) is 39.3 Å². The molecule has 1 fully saturated rings. The van der Waals surface area contributed by atoms with E-state index in [0.717, 1.165) is 37.4 Å². The van der Waals surface area contributed by atoms with Crippen molar-refractivity contribution in [1.82, 2.24) is 5.32 Å². The third-order valence-corrected chi connectivity index (χ3v) is 4.15. The zero-order valence-electron chi connectivity index (χ0n) is 14.0. The number of amides is 1. The Balaban J connectivity index is 1.77. The number of carbonyl (C=O) groups excluding carboxylic acids is 1. The fourth-order valence-corrected chi connectivity index (χ4v) is 2.80. The van der Waals surface area contributed by atoms with Gasteiger partial charge in [0.2, 0.25) is 5.91 Å². The summed E-state index contributed by atoms with van der Waals surface area (Å²) in [5.41, 5.74) is 0.750. The number of carbonyl (C=O) groups is 1. The van der Waals surface area contributed by atoms with Gasteiger partial charge < -0.3 is 20.1 Å². The number of rotatable bonds is 9. The average molecular weight is 320 g/mol. The first kappa shape index (κ1) is 17.8. The molecular formula is C18H28N2O3. The van der Waals surface area contributed by atoms with Gasteiger partial charge in [0.1, 0.15) is 5.75 Å². The van der Waals surface area contributed by atoms with Crippen LogP contribution in [0.5, 0.6) is 5.75 Å². The van der Waals surface area contributed by atoms with Crippen molar-refractivity contribution in [3.63, 3.8) is 0 Å². The van der Waals surface area contributed by atoms with Gasteiger partial charge in [0.05, 0.1) is 12.3 Å². The predicted molar refractivity (Wildman–Crippen MR) is 91.9 cm³/mol. The van der Waals surface area contributed by atoms with E-state index in [2.05, 4.69) is 10.6 Å². The third-order valence-electron chi connectivity index (χ3n) is 4.15. The highest BCUT2D eigenvalue weighted by Gasteiger charge is 2.15. The highest BCUT2D eigenvalue weighted by atomic mass is 16.5. The van der Waals surface area contributed by atoms with Crippen LogP contribution in [0.15, 0.2) is 24.3 Å². The SMILES string of the molecule is COCCCOc1ccccc1NC(=O)CCC1CCNCC1. The van der Waals surface area contributed by atoms with Crippen LogP contribution < -0.4 is 15.4 Å². The molecular weight excluding hydrogens is 292 g/mol. The molecule has 23 heavy (non-hydrogen) atoms. The van der Waals surface area contributed by atoms with Crippen LogP contribution in [0.3, 0.4) is 0 Å². The maximum Gasteiger partial charge on any atom is 0.224 e. The van der Waals surface area contributed by atoms with Crippen LogP contribution in [0.1, 0.15) is 32.1 Å². The molecule has 2 N–H and O–H groups in total. The molecule has 0 aromatic heterocycles. The van der Waals surface area contributed by atoms with E-state index in [-0.39, 0.29) is 5.91 Å². The quantitative estimate of drug-likeness (QED) is 0.687. The second-order valence-electron chi connectivity index (χ2n) is 5.97.